The van der Waals surface area contributed by atoms with Gasteiger partial charge in [-0.25, -0.2) is 0 Å². The maximum atomic E-state index is 13.7. The van der Waals surface area contributed by atoms with E-state index in [1.54, 1.807) is 24.4 Å². The van der Waals surface area contributed by atoms with Gasteiger partial charge < -0.3 is 16.0 Å². The molecule has 43 heavy (non-hydrogen) atoms. The largest absolute Gasteiger partial charge is 0.344 e. The number of carbonyl (C=O) groups excluding carboxylic acids is 4. The lowest BCUT2D eigenvalue weighted by atomic mass is 9.74. The number of nitrogens with one attached hydrogen (secondary N) is 3. The Balaban J connectivity index is 1.21. The molecule has 2 fully saturated rings. The molecule has 0 spiro atoms. The number of carbonyl (C=O) groups is 4. The van der Waals surface area contributed by atoms with Crippen molar-refractivity contribution < 1.29 is 19.2 Å². The lowest BCUT2D eigenvalue weighted by molar-refractivity contribution is -0.143. The van der Waals surface area contributed by atoms with Crippen molar-refractivity contribution in [3.05, 3.63) is 101 Å². The third-order valence-corrected chi connectivity index (χ3v) is 8.98. The molecule has 0 radical (unpaired) electrons. The number of aromatic nitrogens is 1. The Morgan fingerprint density at radius 2 is 1.58 bits per heavy atom. The zero-order valence-corrected chi connectivity index (χ0v) is 24.8. The van der Waals surface area contributed by atoms with Crippen LogP contribution in [0.5, 0.6) is 0 Å². The van der Waals surface area contributed by atoms with Crippen LogP contribution in [0.4, 0.5) is 0 Å². The molecule has 3 amide bonds. The first-order chi connectivity index (χ1) is 20.8. The van der Waals surface area contributed by atoms with E-state index in [9.17, 15) is 19.2 Å². The van der Waals surface area contributed by atoms with E-state index in [1.165, 1.54) is 5.56 Å². The zero-order valence-electron chi connectivity index (χ0n) is 24.1. The van der Waals surface area contributed by atoms with Gasteiger partial charge in [0.1, 0.15) is 11.6 Å². The molecule has 0 saturated heterocycles. The highest BCUT2D eigenvalue weighted by Gasteiger charge is 2.47. The topological polar surface area (TPSA) is 117 Å². The first-order valence-electron chi connectivity index (χ1n) is 15.0. The number of amides is 3. The summed E-state index contributed by atoms with van der Waals surface area (Å²) >= 11 is 6.04. The smallest absolute Gasteiger partial charge is 0.289 e. The number of ketones is 1. The average Bonchev–Trinajstić information content (AvgIpc) is 3.02. The second kappa shape index (κ2) is 14.0. The van der Waals surface area contributed by atoms with Gasteiger partial charge in [0.25, 0.3) is 5.91 Å². The average molecular weight is 601 g/mol. The van der Waals surface area contributed by atoms with Gasteiger partial charge in [0, 0.05) is 23.6 Å². The summed E-state index contributed by atoms with van der Waals surface area (Å²) in [5, 5.41) is 9.22. The van der Waals surface area contributed by atoms with E-state index in [1.807, 2.05) is 54.6 Å². The summed E-state index contributed by atoms with van der Waals surface area (Å²) in [6.45, 7) is 0.0949. The summed E-state index contributed by atoms with van der Waals surface area (Å²) < 4.78 is 0. The Labute approximate surface area is 257 Å². The molecule has 3 aromatic rings. The van der Waals surface area contributed by atoms with Crippen LogP contribution in [-0.4, -0.2) is 40.1 Å². The van der Waals surface area contributed by atoms with E-state index in [2.05, 4.69) is 20.9 Å². The van der Waals surface area contributed by atoms with Gasteiger partial charge in [-0.05, 0) is 86.3 Å². The molecular formula is C34H37ClN4O4. The molecule has 224 valence electrons. The van der Waals surface area contributed by atoms with Gasteiger partial charge in [0.2, 0.25) is 17.6 Å². The molecule has 1 aromatic heterocycles. The van der Waals surface area contributed by atoms with Crippen molar-refractivity contribution in [3.8, 4) is 0 Å². The number of hydrogen-bond acceptors (Lipinski definition) is 5. The number of hydrogen-bond donors (Lipinski definition) is 3. The fraction of sp³-hybridized carbons (Fsp3) is 0.382. The molecule has 9 heteroatoms. The molecule has 2 aliphatic carbocycles. The normalized spacial score (nSPS) is 19.7. The lowest BCUT2D eigenvalue weighted by Crippen LogP contribution is -2.66. The molecule has 2 aromatic carbocycles. The van der Waals surface area contributed by atoms with Crippen molar-refractivity contribution >= 4 is 35.1 Å². The lowest BCUT2D eigenvalue weighted by Gasteiger charge is -2.42. The van der Waals surface area contributed by atoms with Gasteiger partial charge in [0.15, 0.2) is 0 Å². The third kappa shape index (κ3) is 7.68. The SMILES string of the molecule is O=C(NCc1ccccn1)C(=O)[C@@H](Cc1ccccc1)NC(=O)C1(NC(=O)C2CCC(c3ccc(Cl)cc3)CC2)CCC1. The summed E-state index contributed by atoms with van der Waals surface area (Å²) in [6.07, 6.45) is 6.79. The summed E-state index contributed by atoms with van der Waals surface area (Å²) in [6, 6.07) is 21.4. The van der Waals surface area contributed by atoms with Crippen molar-refractivity contribution in [1.29, 1.82) is 0 Å². The van der Waals surface area contributed by atoms with Crippen LogP contribution in [0.2, 0.25) is 5.02 Å². The van der Waals surface area contributed by atoms with Crippen LogP contribution in [0.3, 0.4) is 0 Å². The Bertz CT molecular complexity index is 1420. The molecule has 2 saturated carbocycles. The summed E-state index contributed by atoms with van der Waals surface area (Å²) in [4.78, 5) is 57.5. The second-order valence-electron chi connectivity index (χ2n) is 11.6. The van der Waals surface area contributed by atoms with Crippen molar-refractivity contribution in [2.24, 2.45) is 5.92 Å². The van der Waals surface area contributed by atoms with Crippen molar-refractivity contribution in [1.82, 2.24) is 20.9 Å². The highest BCUT2D eigenvalue weighted by Crippen LogP contribution is 2.38. The highest BCUT2D eigenvalue weighted by atomic mass is 35.5. The molecule has 0 bridgehead atoms. The first-order valence-corrected chi connectivity index (χ1v) is 15.3. The highest BCUT2D eigenvalue weighted by molar-refractivity contribution is 6.38. The molecule has 3 N–H and O–H groups in total. The van der Waals surface area contributed by atoms with E-state index in [0.717, 1.165) is 37.7 Å². The number of benzene rings is 2. The van der Waals surface area contributed by atoms with Gasteiger partial charge in [-0.15, -0.1) is 0 Å². The quantitative estimate of drug-likeness (QED) is 0.277. The Kier molecular flexibility index (Phi) is 9.87. The number of Topliss-reactive ketones (excluding diaryl/α,β-unsaturated/α-hetero) is 1. The fourth-order valence-electron chi connectivity index (χ4n) is 5.98. The number of halogens is 1. The maximum Gasteiger partial charge on any atom is 0.289 e. The molecular weight excluding hydrogens is 564 g/mol. The summed E-state index contributed by atoms with van der Waals surface area (Å²) in [7, 11) is 0. The monoisotopic (exact) mass is 600 g/mol. The third-order valence-electron chi connectivity index (χ3n) is 8.73. The Hall–Kier alpha value is -4.04. The second-order valence-corrected chi connectivity index (χ2v) is 12.0. The minimum atomic E-state index is -1.08. The summed E-state index contributed by atoms with van der Waals surface area (Å²) in [5.74, 6) is -1.87. The van der Waals surface area contributed by atoms with Crippen molar-refractivity contribution in [2.75, 3.05) is 0 Å². The molecule has 1 heterocycles. The van der Waals surface area contributed by atoms with Crippen LogP contribution >= 0.6 is 11.6 Å². The fourth-order valence-corrected chi connectivity index (χ4v) is 6.10. The van der Waals surface area contributed by atoms with Crippen LogP contribution in [0.25, 0.3) is 0 Å². The van der Waals surface area contributed by atoms with Crippen LogP contribution in [-0.2, 0) is 32.1 Å². The zero-order chi connectivity index (χ0) is 30.2. The van der Waals surface area contributed by atoms with Crippen LogP contribution in [0, 0.1) is 5.92 Å². The molecule has 8 nitrogen and oxygen atoms in total. The Morgan fingerprint density at radius 3 is 2.21 bits per heavy atom. The van der Waals surface area contributed by atoms with E-state index < -0.39 is 29.2 Å². The van der Waals surface area contributed by atoms with Gasteiger partial charge >= 0.3 is 0 Å². The van der Waals surface area contributed by atoms with Crippen LogP contribution in [0.15, 0.2) is 79.0 Å². The number of pyridine rings is 1. The van der Waals surface area contributed by atoms with Crippen LogP contribution in [0.1, 0.15) is 67.7 Å². The minimum absolute atomic E-state index is 0.0949. The predicted octanol–water partition coefficient (Wildman–Crippen LogP) is 4.66. The van der Waals surface area contributed by atoms with Gasteiger partial charge in [0.05, 0.1) is 12.2 Å². The molecule has 5 rings (SSSR count). The molecule has 0 unspecified atom stereocenters. The Morgan fingerprint density at radius 1 is 0.884 bits per heavy atom. The minimum Gasteiger partial charge on any atom is -0.344 e. The summed E-state index contributed by atoms with van der Waals surface area (Å²) in [5.41, 5.74) is 1.58. The standard InChI is InChI=1S/C34H37ClN4O4/c35-27-16-14-25(15-17-27)24-10-12-26(13-11-24)31(41)39-34(18-6-19-34)33(43)38-29(21-23-7-2-1-3-8-23)30(40)32(42)37-22-28-9-4-5-20-36-28/h1-5,7-9,14-17,20,24,26,29H,6,10-13,18-19,21-22H2,(H,37,42)(H,38,43)(H,39,41)/t24?,26?,29-/m1/s1. The molecule has 1 atom stereocenters. The van der Waals surface area contributed by atoms with Crippen molar-refractivity contribution in [2.45, 2.75) is 75.4 Å². The first kappa shape index (κ1) is 30.4. The van der Waals surface area contributed by atoms with E-state index in [4.69, 9.17) is 11.6 Å². The van der Waals surface area contributed by atoms with E-state index in [0.29, 0.717) is 29.5 Å². The number of rotatable bonds is 11. The molecule has 2 aliphatic rings. The maximum absolute atomic E-state index is 13.7. The van der Waals surface area contributed by atoms with Gasteiger partial charge in [-0.2, -0.15) is 0 Å². The molecule has 0 aliphatic heterocycles. The number of nitrogens with zero attached hydrogens (tertiary/aromatic N) is 1. The van der Waals surface area contributed by atoms with Crippen LogP contribution < -0.4 is 16.0 Å². The van der Waals surface area contributed by atoms with Crippen molar-refractivity contribution in [3.63, 3.8) is 0 Å². The van der Waals surface area contributed by atoms with Gasteiger partial charge in [-0.1, -0.05) is 60.1 Å². The van der Waals surface area contributed by atoms with E-state index in [-0.39, 0.29) is 24.8 Å². The predicted molar refractivity (Wildman–Crippen MR) is 164 cm³/mol. The van der Waals surface area contributed by atoms with E-state index >= 15 is 0 Å². The van der Waals surface area contributed by atoms with Gasteiger partial charge in [-0.3, -0.25) is 24.2 Å².